The molecular weight excluding hydrogens is 172 g/mol. The molecule has 1 nitrogen and oxygen atoms in total. The van der Waals surface area contributed by atoms with Crippen molar-refractivity contribution in [3.8, 4) is 0 Å². The Hall–Kier alpha value is -0.300. The summed E-state index contributed by atoms with van der Waals surface area (Å²) in [5.74, 6) is 0.451. The van der Waals surface area contributed by atoms with Crippen molar-refractivity contribution in [2.75, 3.05) is 6.61 Å². The lowest BCUT2D eigenvalue weighted by Crippen LogP contribution is -2.33. The molecule has 2 aliphatic carbocycles. The Kier molecular flexibility index (Phi) is 2.70. The highest BCUT2D eigenvalue weighted by molar-refractivity contribution is 5.25. The van der Waals surface area contributed by atoms with E-state index in [1.165, 1.54) is 38.5 Å². The molecule has 0 heterocycles. The summed E-state index contributed by atoms with van der Waals surface area (Å²) in [6, 6.07) is 0. The molecule has 0 aromatic heterocycles. The van der Waals surface area contributed by atoms with Gasteiger partial charge in [-0.25, -0.2) is 0 Å². The van der Waals surface area contributed by atoms with Crippen molar-refractivity contribution < 1.29 is 5.11 Å². The van der Waals surface area contributed by atoms with E-state index in [9.17, 15) is 5.11 Å². The largest absolute Gasteiger partial charge is 0.396 e. The van der Waals surface area contributed by atoms with Crippen LogP contribution < -0.4 is 0 Å². The van der Waals surface area contributed by atoms with Gasteiger partial charge in [0.2, 0.25) is 0 Å². The summed E-state index contributed by atoms with van der Waals surface area (Å²) in [6.07, 6.45) is 7.82. The van der Waals surface area contributed by atoms with Gasteiger partial charge in [0.25, 0.3) is 0 Å². The Bertz CT molecular complexity index is 250. The van der Waals surface area contributed by atoms with Crippen molar-refractivity contribution in [1.82, 2.24) is 0 Å². The molecule has 1 atom stereocenters. The molecule has 0 aromatic rings. The first-order valence-corrected chi connectivity index (χ1v) is 5.97. The van der Waals surface area contributed by atoms with E-state index in [2.05, 4.69) is 13.8 Å². The molecule has 0 amide bonds. The third-order valence-corrected chi connectivity index (χ3v) is 4.25. The number of rotatable bonds is 1. The van der Waals surface area contributed by atoms with E-state index in [4.69, 9.17) is 0 Å². The highest BCUT2D eigenvalue weighted by Gasteiger charge is 2.37. The van der Waals surface area contributed by atoms with Crippen LogP contribution >= 0.6 is 0 Å². The molecule has 0 radical (unpaired) electrons. The molecule has 0 bridgehead atoms. The highest BCUT2D eigenvalue weighted by Crippen LogP contribution is 2.47. The quantitative estimate of drug-likeness (QED) is 0.635. The molecule has 0 saturated carbocycles. The van der Waals surface area contributed by atoms with E-state index in [0.29, 0.717) is 17.9 Å². The smallest absolute Gasteiger partial charge is 0.0501 e. The molecule has 1 N–H and O–H groups in total. The van der Waals surface area contributed by atoms with Crippen LogP contribution in [0.4, 0.5) is 0 Å². The molecule has 0 aliphatic heterocycles. The highest BCUT2D eigenvalue weighted by atomic mass is 16.3. The van der Waals surface area contributed by atoms with Gasteiger partial charge in [-0.3, -0.25) is 0 Å². The van der Waals surface area contributed by atoms with Gasteiger partial charge in [-0.15, -0.1) is 0 Å². The standard InChI is InChI=1S/C13H22O/c1-13(2)8-7-10-5-3-4-6-11(10)12(13)9-14/h12,14H,3-9H2,1-2H3/t12-/m1/s1. The minimum Gasteiger partial charge on any atom is -0.396 e. The van der Waals surface area contributed by atoms with E-state index in [1.807, 2.05) is 0 Å². The lowest BCUT2D eigenvalue weighted by Gasteiger charge is -2.42. The zero-order chi connectivity index (χ0) is 10.2. The number of hydrogen-bond donors (Lipinski definition) is 1. The first kappa shape index (κ1) is 10.2. The molecule has 0 fully saturated rings. The SMILES string of the molecule is CC1(C)CCC2=C(CCCC2)[C@H]1CO. The average molecular weight is 194 g/mol. The summed E-state index contributed by atoms with van der Waals surface area (Å²) in [6.45, 7) is 4.98. The van der Waals surface area contributed by atoms with Crippen LogP contribution in [0.25, 0.3) is 0 Å². The number of allylic oxidation sites excluding steroid dienone is 1. The Morgan fingerprint density at radius 2 is 1.93 bits per heavy atom. The zero-order valence-electron chi connectivity index (χ0n) is 9.47. The summed E-state index contributed by atoms with van der Waals surface area (Å²) < 4.78 is 0. The van der Waals surface area contributed by atoms with E-state index in [1.54, 1.807) is 11.1 Å². The third kappa shape index (κ3) is 1.63. The molecule has 0 aromatic carbocycles. The summed E-state index contributed by atoms with van der Waals surface area (Å²) in [5.41, 5.74) is 3.63. The van der Waals surface area contributed by atoms with Crippen LogP contribution in [-0.4, -0.2) is 11.7 Å². The van der Waals surface area contributed by atoms with Gasteiger partial charge in [-0.1, -0.05) is 25.0 Å². The van der Waals surface area contributed by atoms with Crippen molar-refractivity contribution in [3.63, 3.8) is 0 Å². The van der Waals surface area contributed by atoms with E-state index in [0.717, 1.165) is 0 Å². The Morgan fingerprint density at radius 1 is 1.21 bits per heavy atom. The van der Waals surface area contributed by atoms with Crippen LogP contribution in [0.5, 0.6) is 0 Å². The summed E-state index contributed by atoms with van der Waals surface area (Å²) in [7, 11) is 0. The molecule has 0 saturated heterocycles. The number of aliphatic hydroxyl groups is 1. The van der Waals surface area contributed by atoms with Crippen LogP contribution in [0.2, 0.25) is 0 Å². The normalized spacial score (nSPS) is 31.5. The van der Waals surface area contributed by atoms with Gasteiger partial charge in [-0.05, 0) is 43.9 Å². The Morgan fingerprint density at radius 3 is 2.64 bits per heavy atom. The average Bonchev–Trinajstić information content (AvgIpc) is 2.17. The fraction of sp³-hybridized carbons (Fsp3) is 0.846. The van der Waals surface area contributed by atoms with Crippen LogP contribution in [0.15, 0.2) is 11.1 Å². The molecule has 2 aliphatic rings. The Labute approximate surface area is 87.2 Å². The van der Waals surface area contributed by atoms with Gasteiger partial charge in [0.05, 0.1) is 6.61 Å². The third-order valence-electron chi connectivity index (χ3n) is 4.25. The van der Waals surface area contributed by atoms with E-state index in [-0.39, 0.29) is 0 Å². The van der Waals surface area contributed by atoms with Gasteiger partial charge in [0.1, 0.15) is 0 Å². The maximum Gasteiger partial charge on any atom is 0.0501 e. The lowest BCUT2D eigenvalue weighted by molar-refractivity contribution is 0.119. The van der Waals surface area contributed by atoms with Crippen molar-refractivity contribution in [1.29, 1.82) is 0 Å². The molecule has 80 valence electrons. The zero-order valence-corrected chi connectivity index (χ0v) is 9.47. The van der Waals surface area contributed by atoms with Crippen molar-refractivity contribution in [3.05, 3.63) is 11.1 Å². The van der Waals surface area contributed by atoms with Crippen LogP contribution in [0.1, 0.15) is 52.4 Å². The predicted molar refractivity (Wildman–Crippen MR) is 59.1 cm³/mol. The number of aliphatic hydroxyl groups excluding tert-OH is 1. The second-order valence-electron chi connectivity index (χ2n) is 5.56. The minimum absolute atomic E-state index is 0.324. The second kappa shape index (κ2) is 3.69. The second-order valence-corrected chi connectivity index (χ2v) is 5.56. The first-order valence-electron chi connectivity index (χ1n) is 5.97. The molecule has 0 spiro atoms. The minimum atomic E-state index is 0.324. The van der Waals surface area contributed by atoms with Crippen LogP contribution in [-0.2, 0) is 0 Å². The summed E-state index contributed by atoms with van der Waals surface area (Å²) >= 11 is 0. The monoisotopic (exact) mass is 194 g/mol. The molecule has 0 unspecified atom stereocenters. The molecule has 2 rings (SSSR count). The molecule has 1 heteroatoms. The van der Waals surface area contributed by atoms with Crippen LogP contribution in [0.3, 0.4) is 0 Å². The van der Waals surface area contributed by atoms with Gasteiger partial charge in [-0.2, -0.15) is 0 Å². The fourth-order valence-electron chi connectivity index (χ4n) is 3.17. The van der Waals surface area contributed by atoms with E-state index < -0.39 is 0 Å². The molecule has 14 heavy (non-hydrogen) atoms. The van der Waals surface area contributed by atoms with Crippen molar-refractivity contribution in [2.45, 2.75) is 52.4 Å². The topological polar surface area (TPSA) is 20.2 Å². The fourth-order valence-corrected chi connectivity index (χ4v) is 3.17. The maximum absolute atomic E-state index is 9.53. The molecular formula is C13H22O. The van der Waals surface area contributed by atoms with Crippen molar-refractivity contribution >= 4 is 0 Å². The predicted octanol–water partition coefficient (Wildman–Crippen LogP) is 3.29. The Balaban J connectivity index is 2.29. The van der Waals surface area contributed by atoms with Crippen LogP contribution in [0, 0.1) is 11.3 Å². The summed E-state index contributed by atoms with van der Waals surface area (Å²) in [5, 5.41) is 9.53. The van der Waals surface area contributed by atoms with Gasteiger partial charge in [0, 0.05) is 5.92 Å². The summed E-state index contributed by atoms with van der Waals surface area (Å²) in [4.78, 5) is 0. The van der Waals surface area contributed by atoms with E-state index >= 15 is 0 Å². The van der Waals surface area contributed by atoms with Gasteiger partial charge >= 0.3 is 0 Å². The van der Waals surface area contributed by atoms with Gasteiger partial charge in [0.15, 0.2) is 0 Å². The lowest BCUT2D eigenvalue weighted by atomic mass is 9.63. The first-order chi connectivity index (χ1) is 6.65. The number of hydrogen-bond acceptors (Lipinski definition) is 1. The maximum atomic E-state index is 9.53. The van der Waals surface area contributed by atoms with Crippen molar-refractivity contribution in [2.24, 2.45) is 11.3 Å². The van der Waals surface area contributed by atoms with Gasteiger partial charge < -0.3 is 5.11 Å².